The average Bonchev–Trinajstić information content (AvgIpc) is 3.35. The maximum atomic E-state index is 11.8. The van der Waals surface area contributed by atoms with Crippen LogP contribution in [0.1, 0.15) is 42.5 Å². The van der Waals surface area contributed by atoms with Gasteiger partial charge in [-0.1, -0.05) is 31.1 Å². The maximum absolute atomic E-state index is 11.8. The Kier molecular flexibility index (Phi) is 5.56. The van der Waals surface area contributed by atoms with Gasteiger partial charge in [0.15, 0.2) is 9.84 Å². The second-order valence-electron chi connectivity index (χ2n) is 7.82. The van der Waals surface area contributed by atoms with Gasteiger partial charge < -0.3 is 9.72 Å². The zero-order valence-corrected chi connectivity index (χ0v) is 17.6. The summed E-state index contributed by atoms with van der Waals surface area (Å²) >= 11 is 0. The molecular formula is C23H26N2O3S. The highest BCUT2D eigenvalue weighted by atomic mass is 32.2. The van der Waals surface area contributed by atoms with Crippen molar-refractivity contribution in [3.63, 3.8) is 0 Å². The van der Waals surface area contributed by atoms with Crippen molar-refractivity contribution in [2.24, 2.45) is 5.92 Å². The first-order chi connectivity index (χ1) is 13.9. The summed E-state index contributed by atoms with van der Waals surface area (Å²) in [6.45, 7) is 0.529. The Bertz CT molecular complexity index is 1140. The molecule has 4 rings (SSSR count). The highest BCUT2D eigenvalue weighted by Crippen LogP contribution is 2.33. The summed E-state index contributed by atoms with van der Waals surface area (Å²) in [5, 5.41) is 1.04. The van der Waals surface area contributed by atoms with Crippen LogP contribution in [-0.2, 0) is 21.2 Å². The fourth-order valence-electron chi connectivity index (χ4n) is 4.03. The summed E-state index contributed by atoms with van der Waals surface area (Å²) in [5.74, 6) is 0.544. The Morgan fingerprint density at radius 2 is 1.93 bits per heavy atom. The van der Waals surface area contributed by atoms with Gasteiger partial charge in [0.1, 0.15) is 5.65 Å². The molecule has 6 heteroatoms. The van der Waals surface area contributed by atoms with E-state index in [2.05, 4.69) is 28.2 Å². The third kappa shape index (κ3) is 4.43. The number of hydrogen-bond donors (Lipinski definition) is 1. The number of sulfone groups is 1. The molecule has 2 aromatic heterocycles. The molecular weight excluding hydrogens is 384 g/mol. The second kappa shape index (κ2) is 8.13. The third-order valence-electron chi connectivity index (χ3n) is 5.52. The highest BCUT2D eigenvalue weighted by Gasteiger charge is 2.17. The predicted molar refractivity (Wildman–Crippen MR) is 115 cm³/mol. The first-order valence-corrected chi connectivity index (χ1v) is 11.8. The normalized spacial score (nSPS) is 16.0. The van der Waals surface area contributed by atoms with Crippen LogP contribution in [0.15, 0.2) is 53.6 Å². The Hall–Kier alpha value is -2.44. The summed E-state index contributed by atoms with van der Waals surface area (Å²) in [6, 6.07) is 11.4. The van der Waals surface area contributed by atoms with Gasteiger partial charge in [-0.3, -0.25) is 0 Å². The molecule has 1 aromatic carbocycles. The highest BCUT2D eigenvalue weighted by molar-refractivity contribution is 7.90. The van der Waals surface area contributed by atoms with Crippen molar-refractivity contribution in [1.82, 2.24) is 9.97 Å². The van der Waals surface area contributed by atoms with Gasteiger partial charge >= 0.3 is 0 Å². The van der Waals surface area contributed by atoms with E-state index in [1.807, 2.05) is 18.3 Å². The standard InChI is InChI=1S/C23H26N2O3S/c1-28-15-17-11-19-13-22(25-23(19)24-14-17)21(12-16-5-3-4-6-16)18-7-9-20(10-8-18)29(2,26)27/h7-14,16H,3-6,15H2,1-2H3,(H,24,25)/b21-12+. The Morgan fingerprint density at radius 3 is 2.59 bits per heavy atom. The predicted octanol–water partition coefficient (Wildman–Crippen LogP) is 4.73. The minimum atomic E-state index is -3.21. The smallest absolute Gasteiger partial charge is 0.175 e. The number of pyridine rings is 1. The van der Waals surface area contributed by atoms with E-state index in [9.17, 15) is 8.42 Å². The van der Waals surface area contributed by atoms with Gasteiger partial charge in [-0.2, -0.15) is 0 Å². The van der Waals surface area contributed by atoms with Gasteiger partial charge in [-0.15, -0.1) is 0 Å². The number of nitrogens with zero attached hydrogens (tertiary/aromatic N) is 1. The van der Waals surface area contributed by atoms with E-state index in [4.69, 9.17) is 4.74 Å². The van der Waals surface area contributed by atoms with Gasteiger partial charge in [-0.05, 0) is 54.2 Å². The lowest BCUT2D eigenvalue weighted by Crippen LogP contribution is -1.98. The zero-order chi connectivity index (χ0) is 20.4. The molecule has 3 aromatic rings. The lowest BCUT2D eigenvalue weighted by Gasteiger charge is -2.11. The molecule has 152 valence electrons. The molecule has 1 aliphatic carbocycles. The molecule has 1 saturated carbocycles. The number of benzene rings is 1. The lowest BCUT2D eigenvalue weighted by atomic mass is 9.96. The van der Waals surface area contributed by atoms with Crippen LogP contribution in [0.4, 0.5) is 0 Å². The molecule has 29 heavy (non-hydrogen) atoms. The van der Waals surface area contributed by atoms with Crippen molar-refractivity contribution in [1.29, 1.82) is 0 Å². The number of ether oxygens (including phenoxy) is 1. The molecule has 0 unspecified atom stereocenters. The van der Waals surface area contributed by atoms with Crippen LogP contribution < -0.4 is 0 Å². The van der Waals surface area contributed by atoms with Crippen LogP contribution in [0.25, 0.3) is 16.6 Å². The summed E-state index contributed by atoms with van der Waals surface area (Å²) < 4.78 is 28.9. The van der Waals surface area contributed by atoms with Crippen LogP contribution >= 0.6 is 0 Å². The van der Waals surface area contributed by atoms with Crippen LogP contribution in [-0.4, -0.2) is 31.8 Å². The Morgan fingerprint density at radius 1 is 1.21 bits per heavy atom. The van der Waals surface area contributed by atoms with Gasteiger partial charge in [0.05, 0.1) is 11.5 Å². The van der Waals surface area contributed by atoms with Crippen LogP contribution in [0.2, 0.25) is 0 Å². The van der Waals surface area contributed by atoms with Crippen molar-refractivity contribution in [3.8, 4) is 0 Å². The fraction of sp³-hybridized carbons (Fsp3) is 0.348. The molecule has 1 aliphatic rings. The average molecular weight is 411 g/mol. The van der Waals surface area contributed by atoms with E-state index in [0.29, 0.717) is 17.4 Å². The minimum absolute atomic E-state index is 0.337. The number of fused-ring (bicyclic) bond motifs is 1. The van der Waals surface area contributed by atoms with Gasteiger partial charge in [0.25, 0.3) is 0 Å². The van der Waals surface area contributed by atoms with Crippen molar-refractivity contribution in [2.45, 2.75) is 37.2 Å². The molecule has 0 atom stereocenters. The molecule has 0 radical (unpaired) electrons. The van der Waals surface area contributed by atoms with E-state index in [0.717, 1.165) is 33.4 Å². The number of nitrogens with one attached hydrogen (secondary N) is 1. The van der Waals surface area contributed by atoms with E-state index in [1.54, 1.807) is 19.2 Å². The summed E-state index contributed by atoms with van der Waals surface area (Å²) in [7, 11) is -1.54. The topological polar surface area (TPSA) is 72.0 Å². The molecule has 0 amide bonds. The summed E-state index contributed by atoms with van der Waals surface area (Å²) in [6.07, 6.45) is 10.3. The van der Waals surface area contributed by atoms with E-state index in [-0.39, 0.29) is 0 Å². The largest absolute Gasteiger partial charge is 0.380 e. The van der Waals surface area contributed by atoms with Crippen LogP contribution in [0.5, 0.6) is 0 Å². The number of rotatable bonds is 6. The van der Waals surface area contributed by atoms with E-state index in [1.165, 1.54) is 31.9 Å². The first kappa shape index (κ1) is 19.9. The maximum Gasteiger partial charge on any atom is 0.175 e. The van der Waals surface area contributed by atoms with Crippen molar-refractivity contribution in [2.75, 3.05) is 13.4 Å². The molecule has 1 fully saturated rings. The number of hydrogen-bond acceptors (Lipinski definition) is 4. The van der Waals surface area contributed by atoms with E-state index < -0.39 is 9.84 Å². The van der Waals surface area contributed by atoms with Gasteiger partial charge in [0, 0.05) is 36.2 Å². The lowest BCUT2D eigenvalue weighted by molar-refractivity contribution is 0.184. The first-order valence-electron chi connectivity index (χ1n) is 9.93. The molecule has 0 spiro atoms. The second-order valence-corrected chi connectivity index (χ2v) is 9.83. The summed E-state index contributed by atoms with van der Waals surface area (Å²) in [4.78, 5) is 8.31. The minimum Gasteiger partial charge on any atom is -0.380 e. The number of aromatic amines is 1. The Labute approximate surface area is 171 Å². The molecule has 0 bridgehead atoms. The number of aromatic nitrogens is 2. The van der Waals surface area contributed by atoms with Crippen molar-refractivity contribution >= 4 is 26.4 Å². The zero-order valence-electron chi connectivity index (χ0n) is 16.8. The number of allylic oxidation sites excluding steroid dienone is 1. The Balaban J connectivity index is 1.77. The molecule has 0 aliphatic heterocycles. The molecule has 2 heterocycles. The van der Waals surface area contributed by atoms with Crippen LogP contribution in [0, 0.1) is 5.92 Å². The fourth-order valence-corrected chi connectivity index (χ4v) is 4.67. The monoisotopic (exact) mass is 410 g/mol. The van der Waals surface area contributed by atoms with Gasteiger partial charge in [0.2, 0.25) is 0 Å². The van der Waals surface area contributed by atoms with Crippen LogP contribution in [0.3, 0.4) is 0 Å². The summed E-state index contributed by atoms with van der Waals surface area (Å²) in [5.41, 5.74) is 4.98. The molecule has 0 saturated heterocycles. The number of methoxy groups -OCH3 is 1. The van der Waals surface area contributed by atoms with Gasteiger partial charge in [-0.25, -0.2) is 13.4 Å². The third-order valence-corrected chi connectivity index (χ3v) is 6.65. The molecule has 1 N–H and O–H groups in total. The van der Waals surface area contributed by atoms with Crippen molar-refractivity contribution in [3.05, 3.63) is 65.5 Å². The quantitative estimate of drug-likeness (QED) is 0.637. The SMILES string of the molecule is COCc1cnc2[nH]c(/C(=C/C3CCCC3)c3ccc(S(C)(=O)=O)cc3)cc2c1. The molecule has 5 nitrogen and oxygen atoms in total. The van der Waals surface area contributed by atoms with E-state index >= 15 is 0 Å². The number of H-pyrrole nitrogens is 1. The van der Waals surface area contributed by atoms with Crippen molar-refractivity contribution < 1.29 is 13.2 Å².